The molecule has 0 saturated heterocycles. The molecule has 0 radical (unpaired) electrons. The first-order valence-corrected chi connectivity index (χ1v) is 5.88. The van der Waals surface area contributed by atoms with Gasteiger partial charge in [-0.3, -0.25) is 0 Å². The number of imidazole rings is 1. The molecule has 1 rings (SSSR count). The zero-order valence-corrected chi connectivity index (χ0v) is 10.2. The maximum atomic E-state index is 6.15. The highest BCUT2D eigenvalue weighted by molar-refractivity contribution is 4.99. The lowest BCUT2D eigenvalue weighted by molar-refractivity contribution is 0.427. The molecule has 0 aliphatic rings. The molecule has 15 heavy (non-hydrogen) atoms. The summed E-state index contributed by atoms with van der Waals surface area (Å²) in [5.41, 5.74) is 6.02. The Balaban J connectivity index is 2.64. The lowest BCUT2D eigenvalue weighted by atomic mass is 9.96. The molecule has 3 nitrogen and oxygen atoms in total. The molecule has 86 valence electrons. The van der Waals surface area contributed by atoms with Gasteiger partial charge in [-0.1, -0.05) is 20.3 Å². The number of hydrogen-bond donors (Lipinski definition) is 1. The van der Waals surface area contributed by atoms with Crippen LogP contribution in [0.2, 0.25) is 0 Å². The standard InChI is InChI=1S/C12H23N3/c1-4-6-8-15-9-7-14-11(15)10-12(3,13)5-2/h7,9H,4-6,8,10,13H2,1-3H3. The van der Waals surface area contributed by atoms with Gasteiger partial charge in [-0.2, -0.15) is 0 Å². The number of nitrogens with zero attached hydrogens (tertiary/aromatic N) is 2. The monoisotopic (exact) mass is 209 g/mol. The first-order valence-electron chi connectivity index (χ1n) is 5.88. The quantitative estimate of drug-likeness (QED) is 0.781. The van der Waals surface area contributed by atoms with Crippen LogP contribution in [-0.2, 0) is 13.0 Å². The Morgan fingerprint density at radius 2 is 2.20 bits per heavy atom. The van der Waals surface area contributed by atoms with E-state index in [9.17, 15) is 0 Å². The summed E-state index contributed by atoms with van der Waals surface area (Å²) in [6, 6.07) is 0. The maximum absolute atomic E-state index is 6.15. The molecule has 0 saturated carbocycles. The number of unbranched alkanes of at least 4 members (excludes halogenated alkanes) is 1. The first-order chi connectivity index (χ1) is 7.09. The molecular formula is C12H23N3. The number of hydrogen-bond acceptors (Lipinski definition) is 2. The summed E-state index contributed by atoms with van der Waals surface area (Å²) < 4.78 is 2.23. The zero-order valence-electron chi connectivity index (χ0n) is 10.2. The third-order valence-electron chi connectivity index (χ3n) is 2.92. The average Bonchev–Trinajstić information content (AvgIpc) is 2.62. The predicted octanol–water partition coefficient (Wildman–Crippen LogP) is 2.35. The molecule has 0 amide bonds. The Morgan fingerprint density at radius 3 is 2.80 bits per heavy atom. The second-order valence-corrected chi connectivity index (χ2v) is 4.57. The van der Waals surface area contributed by atoms with E-state index < -0.39 is 0 Å². The highest BCUT2D eigenvalue weighted by Crippen LogP contribution is 2.13. The number of aromatic nitrogens is 2. The van der Waals surface area contributed by atoms with Gasteiger partial charge >= 0.3 is 0 Å². The third kappa shape index (κ3) is 3.67. The Morgan fingerprint density at radius 1 is 1.47 bits per heavy atom. The Kier molecular flexibility index (Phi) is 4.33. The predicted molar refractivity (Wildman–Crippen MR) is 63.7 cm³/mol. The van der Waals surface area contributed by atoms with Gasteiger partial charge in [0.25, 0.3) is 0 Å². The van der Waals surface area contributed by atoms with Crippen LogP contribution in [0, 0.1) is 0 Å². The number of aryl methyl sites for hydroxylation is 1. The van der Waals surface area contributed by atoms with Gasteiger partial charge in [0, 0.05) is 30.9 Å². The molecule has 1 atom stereocenters. The average molecular weight is 209 g/mol. The van der Waals surface area contributed by atoms with Crippen LogP contribution in [0.3, 0.4) is 0 Å². The number of rotatable bonds is 6. The summed E-state index contributed by atoms with van der Waals surface area (Å²) >= 11 is 0. The van der Waals surface area contributed by atoms with Crippen molar-refractivity contribution in [2.75, 3.05) is 0 Å². The van der Waals surface area contributed by atoms with E-state index in [1.165, 1.54) is 12.8 Å². The molecule has 1 aromatic rings. The second kappa shape index (κ2) is 5.31. The largest absolute Gasteiger partial charge is 0.335 e. The molecule has 0 bridgehead atoms. The fourth-order valence-electron chi connectivity index (χ4n) is 1.53. The van der Waals surface area contributed by atoms with Crippen LogP contribution in [0.1, 0.15) is 45.9 Å². The minimum Gasteiger partial charge on any atom is -0.335 e. The summed E-state index contributed by atoms with van der Waals surface area (Å²) in [5, 5.41) is 0. The molecule has 0 fully saturated rings. The van der Waals surface area contributed by atoms with Gasteiger partial charge in [0.2, 0.25) is 0 Å². The van der Waals surface area contributed by atoms with Crippen LogP contribution in [-0.4, -0.2) is 15.1 Å². The van der Waals surface area contributed by atoms with E-state index in [0.717, 1.165) is 25.2 Å². The van der Waals surface area contributed by atoms with Crippen LogP contribution in [0.4, 0.5) is 0 Å². The third-order valence-corrected chi connectivity index (χ3v) is 2.92. The van der Waals surface area contributed by atoms with Crippen molar-refractivity contribution in [1.82, 2.24) is 9.55 Å². The maximum Gasteiger partial charge on any atom is 0.110 e. The SMILES string of the molecule is CCCCn1ccnc1CC(C)(N)CC. The minimum absolute atomic E-state index is 0.130. The van der Waals surface area contributed by atoms with Crippen LogP contribution < -0.4 is 5.73 Å². The van der Waals surface area contributed by atoms with Crippen molar-refractivity contribution in [3.63, 3.8) is 0 Å². The number of nitrogens with two attached hydrogens (primary N) is 1. The molecule has 3 heteroatoms. The van der Waals surface area contributed by atoms with Gasteiger partial charge < -0.3 is 10.3 Å². The van der Waals surface area contributed by atoms with Crippen LogP contribution in [0.25, 0.3) is 0 Å². The van der Waals surface area contributed by atoms with Gasteiger partial charge in [-0.05, 0) is 19.8 Å². The molecule has 0 aliphatic heterocycles. The van der Waals surface area contributed by atoms with E-state index >= 15 is 0 Å². The second-order valence-electron chi connectivity index (χ2n) is 4.57. The highest BCUT2D eigenvalue weighted by Gasteiger charge is 2.18. The van der Waals surface area contributed by atoms with Gasteiger partial charge in [0.1, 0.15) is 5.82 Å². The molecule has 0 aromatic carbocycles. The molecule has 0 spiro atoms. The Labute approximate surface area is 92.7 Å². The lowest BCUT2D eigenvalue weighted by Crippen LogP contribution is -2.38. The van der Waals surface area contributed by atoms with Crippen molar-refractivity contribution >= 4 is 0 Å². The zero-order chi connectivity index (χ0) is 11.3. The van der Waals surface area contributed by atoms with E-state index in [0.29, 0.717) is 0 Å². The Bertz CT molecular complexity index is 289. The Hall–Kier alpha value is -0.830. The molecule has 0 aliphatic carbocycles. The van der Waals surface area contributed by atoms with Crippen molar-refractivity contribution in [2.24, 2.45) is 5.73 Å². The van der Waals surface area contributed by atoms with Crippen LogP contribution in [0.15, 0.2) is 12.4 Å². The van der Waals surface area contributed by atoms with Crippen molar-refractivity contribution < 1.29 is 0 Å². The summed E-state index contributed by atoms with van der Waals surface area (Å²) in [6.07, 6.45) is 8.18. The van der Waals surface area contributed by atoms with E-state index in [1.807, 2.05) is 6.20 Å². The minimum atomic E-state index is -0.130. The molecular weight excluding hydrogens is 186 g/mol. The summed E-state index contributed by atoms with van der Waals surface area (Å²) in [6.45, 7) is 7.48. The van der Waals surface area contributed by atoms with E-state index in [4.69, 9.17) is 5.73 Å². The fraction of sp³-hybridized carbons (Fsp3) is 0.750. The van der Waals surface area contributed by atoms with Crippen LogP contribution >= 0.6 is 0 Å². The van der Waals surface area contributed by atoms with Crippen LogP contribution in [0.5, 0.6) is 0 Å². The smallest absolute Gasteiger partial charge is 0.110 e. The van der Waals surface area contributed by atoms with Crippen molar-refractivity contribution in [3.8, 4) is 0 Å². The van der Waals surface area contributed by atoms with Crippen molar-refractivity contribution in [3.05, 3.63) is 18.2 Å². The van der Waals surface area contributed by atoms with Crippen molar-refractivity contribution in [1.29, 1.82) is 0 Å². The normalized spacial score (nSPS) is 15.2. The van der Waals surface area contributed by atoms with Gasteiger partial charge in [-0.15, -0.1) is 0 Å². The van der Waals surface area contributed by atoms with E-state index in [1.54, 1.807) is 0 Å². The van der Waals surface area contributed by atoms with E-state index in [2.05, 4.69) is 36.5 Å². The highest BCUT2D eigenvalue weighted by atomic mass is 15.1. The fourth-order valence-corrected chi connectivity index (χ4v) is 1.53. The summed E-state index contributed by atoms with van der Waals surface area (Å²) in [4.78, 5) is 4.39. The topological polar surface area (TPSA) is 43.8 Å². The van der Waals surface area contributed by atoms with Gasteiger partial charge in [-0.25, -0.2) is 4.98 Å². The lowest BCUT2D eigenvalue weighted by Gasteiger charge is -2.22. The van der Waals surface area contributed by atoms with Gasteiger partial charge in [0.05, 0.1) is 0 Å². The molecule has 1 unspecified atom stereocenters. The molecule has 2 N–H and O–H groups in total. The van der Waals surface area contributed by atoms with Gasteiger partial charge in [0.15, 0.2) is 0 Å². The summed E-state index contributed by atoms with van der Waals surface area (Å²) in [7, 11) is 0. The molecule has 1 aromatic heterocycles. The molecule has 1 heterocycles. The first kappa shape index (κ1) is 12.2. The van der Waals surface area contributed by atoms with E-state index in [-0.39, 0.29) is 5.54 Å². The van der Waals surface area contributed by atoms with Crippen molar-refractivity contribution in [2.45, 2.75) is 58.5 Å². The summed E-state index contributed by atoms with van der Waals surface area (Å²) in [5.74, 6) is 1.12.